The summed E-state index contributed by atoms with van der Waals surface area (Å²) in [5.41, 5.74) is 10.0. The minimum absolute atomic E-state index is 0.00547. The van der Waals surface area contributed by atoms with Crippen LogP contribution in [0, 0.1) is 20.8 Å². The molecule has 7 heteroatoms. The van der Waals surface area contributed by atoms with E-state index in [-0.39, 0.29) is 18.9 Å². The second-order valence-electron chi connectivity index (χ2n) is 6.78. The summed E-state index contributed by atoms with van der Waals surface area (Å²) in [6.07, 6.45) is -0.668. The molecule has 29 heavy (non-hydrogen) atoms. The molecule has 2 amide bonds. The van der Waals surface area contributed by atoms with Gasteiger partial charge in [-0.1, -0.05) is 36.4 Å². The molecule has 0 fully saturated rings. The van der Waals surface area contributed by atoms with Crippen LogP contribution in [0.3, 0.4) is 0 Å². The third-order valence-electron chi connectivity index (χ3n) is 4.19. The summed E-state index contributed by atoms with van der Waals surface area (Å²) < 4.78 is 10.2. The number of carbonyl (C=O) groups is 2. The fourth-order valence-electron chi connectivity index (χ4n) is 2.84. The number of nitrogens with one attached hydrogen (secondary N) is 3. The largest absolute Gasteiger partial charge is 0.497 e. The van der Waals surface area contributed by atoms with Crippen LogP contribution in [-0.2, 0) is 16.1 Å². The Bertz CT molecular complexity index is 868. The van der Waals surface area contributed by atoms with Crippen LogP contribution < -0.4 is 20.9 Å². The van der Waals surface area contributed by atoms with E-state index in [2.05, 4.69) is 22.7 Å². The number of anilines is 1. The second kappa shape index (κ2) is 10.2. The highest BCUT2D eigenvalue weighted by Crippen LogP contribution is 2.22. The molecule has 2 aromatic rings. The third kappa shape index (κ3) is 6.88. The van der Waals surface area contributed by atoms with Crippen LogP contribution in [0.4, 0.5) is 10.5 Å². The summed E-state index contributed by atoms with van der Waals surface area (Å²) in [4.78, 5) is 24.0. The lowest BCUT2D eigenvalue weighted by Gasteiger charge is -2.14. The van der Waals surface area contributed by atoms with Crippen molar-refractivity contribution in [1.29, 1.82) is 0 Å². The van der Waals surface area contributed by atoms with Crippen LogP contribution in [0.1, 0.15) is 28.7 Å². The minimum atomic E-state index is -0.674. The van der Waals surface area contributed by atoms with E-state index in [1.165, 1.54) is 0 Å². The molecule has 0 aliphatic heterocycles. The van der Waals surface area contributed by atoms with E-state index in [0.717, 1.165) is 33.7 Å². The molecule has 0 aliphatic rings. The van der Waals surface area contributed by atoms with Gasteiger partial charge in [0.15, 0.2) is 0 Å². The van der Waals surface area contributed by atoms with Gasteiger partial charge in [-0.15, -0.1) is 0 Å². The van der Waals surface area contributed by atoms with E-state index in [9.17, 15) is 9.59 Å². The molecule has 7 nitrogen and oxygen atoms in total. The van der Waals surface area contributed by atoms with Crippen LogP contribution in [0.5, 0.6) is 5.75 Å². The maximum absolute atomic E-state index is 12.3. The van der Waals surface area contributed by atoms with E-state index in [1.807, 2.05) is 32.9 Å². The molecule has 0 atom stereocenters. The van der Waals surface area contributed by atoms with Crippen LogP contribution >= 0.6 is 0 Å². The van der Waals surface area contributed by atoms with Crippen molar-refractivity contribution in [3.63, 3.8) is 0 Å². The highest BCUT2D eigenvalue weighted by molar-refractivity contribution is 5.93. The molecule has 3 N–H and O–H groups in total. The molecule has 0 saturated heterocycles. The van der Waals surface area contributed by atoms with Crippen LogP contribution in [0.15, 0.2) is 48.7 Å². The maximum Gasteiger partial charge on any atom is 0.426 e. The Morgan fingerprint density at radius 2 is 1.62 bits per heavy atom. The van der Waals surface area contributed by atoms with Crippen molar-refractivity contribution < 1.29 is 19.1 Å². The van der Waals surface area contributed by atoms with E-state index < -0.39 is 6.09 Å². The Morgan fingerprint density at radius 3 is 2.21 bits per heavy atom. The molecule has 2 rings (SSSR count). The van der Waals surface area contributed by atoms with Gasteiger partial charge in [0, 0.05) is 11.4 Å². The monoisotopic (exact) mass is 397 g/mol. The molecule has 0 aromatic heterocycles. The quantitative estimate of drug-likeness (QED) is 0.588. The zero-order valence-electron chi connectivity index (χ0n) is 17.2. The number of hydrazine groups is 1. The molecule has 2 aromatic carbocycles. The van der Waals surface area contributed by atoms with E-state index >= 15 is 0 Å². The number of rotatable bonds is 8. The fraction of sp³-hybridized carbons (Fsp3) is 0.273. The number of methoxy groups -OCH3 is 1. The molecular weight excluding hydrogens is 370 g/mol. The Labute approximate surface area is 171 Å². The van der Waals surface area contributed by atoms with Gasteiger partial charge >= 0.3 is 6.09 Å². The van der Waals surface area contributed by atoms with Crippen molar-refractivity contribution in [2.24, 2.45) is 0 Å². The molecular formula is C22H27N3O4. The van der Waals surface area contributed by atoms with Gasteiger partial charge < -0.3 is 20.2 Å². The van der Waals surface area contributed by atoms with Gasteiger partial charge in [0.25, 0.3) is 0 Å². The van der Waals surface area contributed by atoms with Crippen molar-refractivity contribution in [2.45, 2.75) is 33.8 Å². The number of hydrogen-bond acceptors (Lipinski definition) is 5. The average molecular weight is 397 g/mol. The standard InChI is InChI=1S/C22H27N3O4/c1-14-10-15(2)21(16(3)11-14)23-20(26)12-17(4)24-25-22(27)29-13-18-6-8-19(28-5)9-7-18/h6-11,24H,4,12-13H2,1-3,5H3,(H,23,26)(H,25,27). The SMILES string of the molecule is C=C(CC(=O)Nc1c(C)cc(C)cc1C)NNC(=O)OCc1ccc(OC)cc1. The van der Waals surface area contributed by atoms with Crippen molar-refractivity contribution in [2.75, 3.05) is 12.4 Å². The van der Waals surface area contributed by atoms with E-state index in [1.54, 1.807) is 31.4 Å². The average Bonchev–Trinajstić information content (AvgIpc) is 2.68. The lowest BCUT2D eigenvalue weighted by atomic mass is 10.0. The Balaban J connectivity index is 1.74. The topological polar surface area (TPSA) is 88.7 Å². The zero-order valence-corrected chi connectivity index (χ0v) is 17.2. The van der Waals surface area contributed by atoms with Crippen molar-refractivity contribution in [3.8, 4) is 5.75 Å². The molecule has 0 spiro atoms. The van der Waals surface area contributed by atoms with Gasteiger partial charge in [-0.3, -0.25) is 4.79 Å². The number of ether oxygens (including phenoxy) is 2. The molecule has 0 bridgehead atoms. The fourth-order valence-corrected chi connectivity index (χ4v) is 2.84. The number of aryl methyl sites for hydroxylation is 3. The summed E-state index contributed by atoms with van der Waals surface area (Å²) in [7, 11) is 1.58. The van der Waals surface area contributed by atoms with E-state index in [0.29, 0.717) is 5.70 Å². The molecule has 0 heterocycles. The Kier molecular flexibility index (Phi) is 7.65. The third-order valence-corrected chi connectivity index (χ3v) is 4.19. The van der Waals surface area contributed by atoms with Crippen LogP contribution in [0.2, 0.25) is 0 Å². The first-order valence-corrected chi connectivity index (χ1v) is 9.15. The molecule has 154 valence electrons. The van der Waals surface area contributed by atoms with Gasteiger partial charge in [0.2, 0.25) is 5.91 Å². The molecule has 0 radical (unpaired) electrons. The number of hydrogen-bond donors (Lipinski definition) is 3. The van der Waals surface area contributed by atoms with Gasteiger partial charge in [-0.2, -0.15) is 0 Å². The van der Waals surface area contributed by atoms with Crippen LogP contribution in [0.25, 0.3) is 0 Å². The van der Waals surface area contributed by atoms with Gasteiger partial charge in [-0.05, 0) is 49.6 Å². The molecule has 0 saturated carbocycles. The summed E-state index contributed by atoms with van der Waals surface area (Å²) in [6.45, 7) is 9.76. The number of benzene rings is 2. The lowest BCUT2D eigenvalue weighted by Crippen LogP contribution is -2.37. The van der Waals surface area contributed by atoms with E-state index in [4.69, 9.17) is 9.47 Å². The van der Waals surface area contributed by atoms with Crippen LogP contribution in [-0.4, -0.2) is 19.1 Å². The van der Waals surface area contributed by atoms with Gasteiger partial charge in [0.05, 0.1) is 13.5 Å². The summed E-state index contributed by atoms with van der Waals surface area (Å²) in [5, 5.41) is 2.89. The highest BCUT2D eigenvalue weighted by atomic mass is 16.6. The first-order chi connectivity index (χ1) is 13.8. The molecule has 0 aliphatic carbocycles. The predicted molar refractivity (Wildman–Crippen MR) is 112 cm³/mol. The predicted octanol–water partition coefficient (Wildman–Crippen LogP) is 3.89. The van der Waals surface area contributed by atoms with Crippen molar-refractivity contribution in [3.05, 3.63) is 70.9 Å². The minimum Gasteiger partial charge on any atom is -0.497 e. The Hall–Kier alpha value is -3.48. The maximum atomic E-state index is 12.3. The first kappa shape index (κ1) is 21.8. The number of amides is 2. The zero-order chi connectivity index (χ0) is 21.4. The van der Waals surface area contributed by atoms with Gasteiger partial charge in [-0.25, -0.2) is 10.2 Å². The normalized spacial score (nSPS) is 10.1. The summed E-state index contributed by atoms with van der Waals surface area (Å²) in [6, 6.07) is 11.2. The van der Waals surface area contributed by atoms with Crippen molar-refractivity contribution >= 4 is 17.7 Å². The highest BCUT2D eigenvalue weighted by Gasteiger charge is 2.10. The lowest BCUT2D eigenvalue weighted by molar-refractivity contribution is -0.115. The van der Waals surface area contributed by atoms with Gasteiger partial charge in [0.1, 0.15) is 12.4 Å². The molecule has 0 unspecified atom stereocenters. The first-order valence-electron chi connectivity index (χ1n) is 9.15. The van der Waals surface area contributed by atoms with Crippen molar-refractivity contribution in [1.82, 2.24) is 10.9 Å². The number of carbonyl (C=O) groups excluding carboxylic acids is 2. The summed E-state index contributed by atoms with van der Waals surface area (Å²) >= 11 is 0. The smallest absolute Gasteiger partial charge is 0.426 e. The Morgan fingerprint density at radius 1 is 1.00 bits per heavy atom. The second-order valence-corrected chi connectivity index (χ2v) is 6.78. The summed E-state index contributed by atoms with van der Waals surface area (Å²) in [5.74, 6) is 0.497.